The van der Waals surface area contributed by atoms with Crippen LogP contribution in [0.1, 0.15) is 29.8 Å². The monoisotopic (exact) mass is 357 g/mol. The molecule has 2 heterocycles. The summed E-state index contributed by atoms with van der Waals surface area (Å²) in [4.78, 5) is 30.0. The molecule has 1 N–H and O–H groups in total. The SMILES string of the molecule is COC(=O)NC(C)C(=O)N1CCc2oc(CCc3ccccc3)nc2C1. The first-order valence-corrected chi connectivity index (χ1v) is 8.71. The van der Waals surface area contributed by atoms with Crippen LogP contribution in [0.4, 0.5) is 4.79 Å². The van der Waals surface area contributed by atoms with Gasteiger partial charge in [0.2, 0.25) is 5.91 Å². The molecule has 7 heteroatoms. The van der Waals surface area contributed by atoms with Gasteiger partial charge in [-0.05, 0) is 18.9 Å². The van der Waals surface area contributed by atoms with E-state index in [9.17, 15) is 9.59 Å². The lowest BCUT2D eigenvalue weighted by atomic mass is 10.1. The van der Waals surface area contributed by atoms with Crippen molar-refractivity contribution < 1.29 is 18.7 Å². The van der Waals surface area contributed by atoms with Crippen LogP contribution in [0.3, 0.4) is 0 Å². The van der Waals surface area contributed by atoms with E-state index in [4.69, 9.17) is 4.42 Å². The van der Waals surface area contributed by atoms with Gasteiger partial charge < -0.3 is 19.4 Å². The Hall–Kier alpha value is -2.83. The summed E-state index contributed by atoms with van der Waals surface area (Å²) in [6.45, 7) is 2.59. The third-order valence-corrected chi connectivity index (χ3v) is 4.44. The molecule has 0 saturated heterocycles. The van der Waals surface area contributed by atoms with E-state index in [0.29, 0.717) is 25.4 Å². The van der Waals surface area contributed by atoms with Gasteiger partial charge in [0.15, 0.2) is 5.89 Å². The molecule has 26 heavy (non-hydrogen) atoms. The third kappa shape index (κ3) is 4.22. The number of ether oxygens (including phenoxy) is 1. The fraction of sp³-hybridized carbons (Fsp3) is 0.421. The van der Waals surface area contributed by atoms with Gasteiger partial charge in [0.05, 0.1) is 13.7 Å². The number of amides is 2. The van der Waals surface area contributed by atoms with Gasteiger partial charge >= 0.3 is 6.09 Å². The number of nitrogens with zero attached hydrogens (tertiary/aromatic N) is 2. The molecular weight excluding hydrogens is 334 g/mol. The van der Waals surface area contributed by atoms with Gasteiger partial charge in [0.1, 0.15) is 17.5 Å². The third-order valence-electron chi connectivity index (χ3n) is 4.44. The summed E-state index contributed by atoms with van der Waals surface area (Å²) in [6, 6.07) is 9.55. The van der Waals surface area contributed by atoms with Crippen LogP contribution in [-0.2, 0) is 35.3 Å². The average Bonchev–Trinajstić information content (AvgIpc) is 3.08. The summed E-state index contributed by atoms with van der Waals surface area (Å²) in [6.07, 6.45) is 1.60. The maximum atomic E-state index is 12.5. The summed E-state index contributed by atoms with van der Waals surface area (Å²) in [5.74, 6) is 1.40. The Labute approximate surface area is 152 Å². The van der Waals surface area contributed by atoms with E-state index < -0.39 is 12.1 Å². The number of alkyl carbamates (subject to hydrolysis) is 1. The minimum atomic E-state index is -0.645. The van der Waals surface area contributed by atoms with Crippen molar-refractivity contribution in [3.05, 3.63) is 53.2 Å². The van der Waals surface area contributed by atoms with Gasteiger partial charge in [-0.1, -0.05) is 30.3 Å². The number of hydrogen-bond donors (Lipinski definition) is 1. The van der Waals surface area contributed by atoms with E-state index in [1.54, 1.807) is 11.8 Å². The van der Waals surface area contributed by atoms with Gasteiger partial charge in [-0.25, -0.2) is 9.78 Å². The molecule has 0 saturated carbocycles. The lowest BCUT2D eigenvalue weighted by molar-refractivity contribution is -0.134. The van der Waals surface area contributed by atoms with Gasteiger partial charge in [-0.3, -0.25) is 4.79 Å². The molecule has 1 atom stereocenters. The smallest absolute Gasteiger partial charge is 0.407 e. The Morgan fingerprint density at radius 3 is 2.81 bits per heavy atom. The first kappa shape index (κ1) is 18.0. The molecule has 1 aliphatic rings. The largest absolute Gasteiger partial charge is 0.453 e. The highest BCUT2D eigenvalue weighted by molar-refractivity contribution is 5.85. The normalized spacial score (nSPS) is 14.5. The van der Waals surface area contributed by atoms with Gasteiger partial charge in [-0.2, -0.15) is 0 Å². The summed E-state index contributed by atoms with van der Waals surface area (Å²) in [5, 5.41) is 2.50. The quantitative estimate of drug-likeness (QED) is 0.886. The standard InChI is InChI=1S/C19H23N3O4/c1-13(20-19(24)25-2)18(23)22-11-10-16-15(12-22)21-17(26-16)9-8-14-6-4-3-5-7-14/h3-7,13H,8-12H2,1-2H3,(H,20,24). The average molecular weight is 357 g/mol. The van der Waals surface area contributed by atoms with Crippen molar-refractivity contribution in [2.75, 3.05) is 13.7 Å². The summed E-state index contributed by atoms with van der Waals surface area (Å²) < 4.78 is 10.4. The highest BCUT2D eigenvalue weighted by Crippen LogP contribution is 2.21. The van der Waals surface area contributed by atoms with Crippen molar-refractivity contribution in [3.63, 3.8) is 0 Å². The predicted molar refractivity (Wildman–Crippen MR) is 94.5 cm³/mol. The van der Waals surface area contributed by atoms with Gasteiger partial charge in [-0.15, -0.1) is 0 Å². The van der Waals surface area contributed by atoms with E-state index in [1.807, 2.05) is 18.2 Å². The van der Waals surface area contributed by atoms with E-state index in [-0.39, 0.29) is 5.91 Å². The van der Waals surface area contributed by atoms with Crippen LogP contribution in [0, 0.1) is 0 Å². The number of oxazole rings is 1. The van der Waals surface area contributed by atoms with Gasteiger partial charge in [0, 0.05) is 19.4 Å². The van der Waals surface area contributed by atoms with E-state index in [1.165, 1.54) is 12.7 Å². The number of nitrogens with one attached hydrogen (secondary N) is 1. The molecule has 0 radical (unpaired) electrons. The van der Waals surface area contributed by atoms with Crippen LogP contribution < -0.4 is 5.32 Å². The number of hydrogen-bond acceptors (Lipinski definition) is 5. The van der Waals surface area contributed by atoms with Crippen LogP contribution in [0.25, 0.3) is 0 Å². The number of carbonyl (C=O) groups is 2. The lowest BCUT2D eigenvalue weighted by Gasteiger charge is -2.28. The molecule has 0 fully saturated rings. The van der Waals surface area contributed by atoms with Crippen molar-refractivity contribution >= 4 is 12.0 Å². The predicted octanol–water partition coefficient (Wildman–Crippen LogP) is 2.09. The molecule has 3 rings (SSSR count). The molecule has 1 aromatic heterocycles. The second-order valence-corrected chi connectivity index (χ2v) is 6.33. The summed E-state index contributed by atoms with van der Waals surface area (Å²) in [7, 11) is 1.27. The maximum Gasteiger partial charge on any atom is 0.407 e. The Bertz CT molecular complexity index is 772. The number of methoxy groups -OCH3 is 1. The Balaban J connectivity index is 1.59. The van der Waals surface area contributed by atoms with E-state index in [0.717, 1.165) is 24.3 Å². The van der Waals surface area contributed by atoms with Crippen molar-refractivity contribution in [2.45, 2.75) is 38.8 Å². The van der Waals surface area contributed by atoms with Crippen LogP contribution >= 0.6 is 0 Å². The molecule has 138 valence electrons. The Morgan fingerprint density at radius 1 is 1.31 bits per heavy atom. The number of carbonyl (C=O) groups excluding carboxylic acids is 2. The van der Waals surface area contributed by atoms with E-state index >= 15 is 0 Å². The minimum absolute atomic E-state index is 0.158. The summed E-state index contributed by atoms with van der Waals surface area (Å²) >= 11 is 0. The Kier molecular flexibility index (Phi) is 5.55. The number of benzene rings is 1. The molecule has 0 spiro atoms. The molecule has 1 unspecified atom stereocenters. The molecule has 2 amide bonds. The topological polar surface area (TPSA) is 84.7 Å². The zero-order valence-electron chi connectivity index (χ0n) is 15.0. The zero-order chi connectivity index (χ0) is 18.5. The highest BCUT2D eigenvalue weighted by atomic mass is 16.5. The molecule has 7 nitrogen and oxygen atoms in total. The van der Waals surface area contributed by atoms with Crippen molar-refractivity contribution in [1.29, 1.82) is 0 Å². The van der Waals surface area contributed by atoms with Crippen LogP contribution in [0.5, 0.6) is 0 Å². The molecule has 1 aromatic carbocycles. The number of aryl methyl sites for hydroxylation is 2. The zero-order valence-corrected chi connectivity index (χ0v) is 15.0. The maximum absolute atomic E-state index is 12.5. The van der Waals surface area contributed by atoms with Crippen molar-refractivity contribution in [2.24, 2.45) is 0 Å². The first-order valence-electron chi connectivity index (χ1n) is 8.71. The number of aromatic nitrogens is 1. The molecule has 0 aliphatic carbocycles. The fourth-order valence-corrected chi connectivity index (χ4v) is 3.01. The van der Waals surface area contributed by atoms with Crippen molar-refractivity contribution in [1.82, 2.24) is 15.2 Å². The van der Waals surface area contributed by atoms with E-state index in [2.05, 4.69) is 27.2 Å². The molecular formula is C19H23N3O4. The first-order chi connectivity index (χ1) is 12.6. The fourth-order valence-electron chi connectivity index (χ4n) is 3.01. The van der Waals surface area contributed by atoms with Crippen LogP contribution in [0.15, 0.2) is 34.7 Å². The second kappa shape index (κ2) is 8.03. The van der Waals surface area contributed by atoms with Crippen LogP contribution in [0.2, 0.25) is 0 Å². The Morgan fingerprint density at radius 2 is 2.08 bits per heavy atom. The van der Waals surface area contributed by atoms with Crippen molar-refractivity contribution in [3.8, 4) is 0 Å². The highest BCUT2D eigenvalue weighted by Gasteiger charge is 2.28. The minimum Gasteiger partial charge on any atom is -0.453 e. The number of fused-ring (bicyclic) bond motifs is 1. The second-order valence-electron chi connectivity index (χ2n) is 6.33. The van der Waals surface area contributed by atoms with Crippen LogP contribution in [-0.4, -0.2) is 41.6 Å². The number of rotatable bonds is 5. The molecule has 2 aromatic rings. The summed E-state index contributed by atoms with van der Waals surface area (Å²) in [5.41, 5.74) is 2.04. The lowest BCUT2D eigenvalue weighted by Crippen LogP contribution is -2.48. The van der Waals surface area contributed by atoms with Gasteiger partial charge in [0.25, 0.3) is 0 Å². The molecule has 0 bridgehead atoms. The molecule has 1 aliphatic heterocycles.